The molecule has 2 rings (SSSR count). The van der Waals surface area contributed by atoms with E-state index in [0.717, 1.165) is 16.5 Å². The van der Waals surface area contributed by atoms with Crippen LogP contribution >= 0.6 is 15.9 Å². The number of methoxy groups -OCH3 is 2. The summed E-state index contributed by atoms with van der Waals surface area (Å²) in [5.41, 5.74) is 0.842. The zero-order valence-electron chi connectivity index (χ0n) is 11.6. The molecule has 3 unspecified atom stereocenters. The van der Waals surface area contributed by atoms with E-state index in [2.05, 4.69) is 22.9 Å². The van der Waals surface area contributed by atoms with Crippen molar-refractivity contribution in [1.82, 2.24) is 0 Å². The van der Waals surface area contributed by atoms with E-state index in [0.29, 0.717) is 23.3 Å². The number of benzene rings is 1. The minimum absolute atomic E-state index is 0.314. The standard InChI is InChI=1S/C15H21BrO3/c1-9-5-4-6-10(9)14(17)11-7-8-12(18-2)13(16)15(11)19-3/h7-10,14,17H,4-6H2,1-3H3. The SMILES string of the molecule is COc1ccc(C(O)C2CCCC2C)c(OC)c1Br. The predicted octanol–water partition coefficient (Wildman–Crippen LogP) is 3.94. The lowest BCUT2D eigenvalue weighted by Gasteiger charge is -2.25. The molecule has 1 N–H and O–H groups in total. The maximum atomic E-state index is 10.6. The molecule has 0 aliphatic heterocycles. The normalized spacial score (nSPS) is 24.3. The number of hydrogen-bond acceptors (Lipinski definition) is 3. The minimum atomic E-state index is -0.477. The maximum Gasteiger partial charge on any atom is 0.142 e. The van der Waals surface area contributed by atoms with Gasteiger partial charge in [-0.15, -0.1) is 0 Å². The first kappa shape index (κ1) is 14.7. The smallest absolute Gasteiger partial charge is 0.142 e. The van der Waals surface area contributed by atoms with Crippen molar-refractivity contribution in [2.24, 2.45) is 11.8 Å². The van der Waals surface area contributed by atoms with Gasteiger partial charge in [-0.25, -0.2) is 0 Å². The average Bonchev–Trinajstić information content (AvgIpc) is 2.83. The monoisotopic (exact) mass is 328 g/mol. The van der Waals surface area contributed by atoms with E-state index in [9.17, 15) is 5.11 Å². The summed E-state index contributed by atoms with van der Waals surface area (Å²) in [6.45, 7) is 2.21. The third kappa shape index (κ3) is 2.75. The Morgan fingerprint density at radius 1 is 1.26 bits per heavy atom. The highest BCUT2D eigenvalue weighted by Crippen LogP contribution is 2.46. The highest BCUT2D eigenvalue weighted by molar-refractivity contribution is 9.10. The number of halogens is 1. The second-order valence-electron chi connectivity index (χ2n) is 5.22. The molecule has 0 bridgehead atoms. The predicted molar refractivity (Wildman–Crippen MR) is 78.7 cm³/mol. The molecule has 1 aliphatic rings. The van der Waals surface area contributed by atoms with Gasteiger partial charge in [-0.3, -0.25) is 0 Å². The van der Waals surface area contributed by atoms with Gasteiger partial charge in [0.05, 0.1) is 20.3 Å². The quantitative estimate of drug-likeness (QED) is 0.909. The number of hydrogen-bond donors (Lipinski definition) is 1. The largest absolute Gasteiger partial charge is 0.495 e. The molecule has 0 spiro atoms. The molecule has 3 nitrogen and oxygen atoms in total. The van der Waals surface area contributed by atoms with E-state index in [4.69, 9.17) is 9.47 Å². The Bertz CT molecular complexity index is 447. The number of ether oxygens (including phenoxy) is 2. The minimum Gasteiger partial charge on any atom is -0.495 e. The van der Waals surface area contributed by atoms with Crippen LogP contribution in [0.25, 0.3) is 0 Å². The Morgan fingerprint density at radius 2 is 2.00 bits per heavy atom. The van der Waals surface area contributed by atoms with E-state index in [-0.39, 0.29) is 0 Å². The van der Waals surface area contributed by atoms with Gasteiger partial charge in [0.1, 0.15) is 16.0 Å². The molecule has 1 aliphatic carbocycles. The van der Waals surface area contributed by atoms with Gasteiger partial charge < -0.3 is 14.6 Å². The van der Waals surface area contributed by atoms with Crippen molar-refractivity contribution >= 4 is 15.9 Å². The topological polar surface area (TPSA) is 38.7 Å². The van der Waals surface area contributed by atoms with Crippen molar-refractivity contribution in [2.45, 2.75) is 32.3 Å². The highest BCUT2D eigenvalue weighted by Gasteiger charge is 2.32. The fourth-order valence-corrected chi connectivity index (χ4v) is 3.71. The molecule has 1 aromatic rings. The Labute approximate surface area is 123 Å². The van der Waals surface area contributed by atoms with Crippen LogP contribution in [0.5, 0.6) is 11.5 Å². The van der Waals surface area contributed by atoms with Crippen LogP contribution in [0.2, 0.25) is 0 Å². The van der Waals surface area contributed by atoms with Gasteiger partial charge in [-0.05, 0) is 46.3 Å². The summed E-state index contributed by atoms with van der Waals surface area (Å²) in [7, 11) is 3.24. The van der Waals surface area contributed by atoms with Crippen molar-refractivity contribution in [3.63, 3.8) is 0 Å². The van der Waals surface area contributed by atoms with Crippen LogP contribution in [0.3, 0.4) is 0 Å². The van der Waals surface area contributed by atoms with Crippen LogP contribution in [0, 0.1) is 11.8 Å². The molecule has 0 radical (unpaired) electrons. The molecule has 0 heterocycles. The summed E-state index contributed by atoms with van der Waals surface area (Å²) < 4.78 is 11.5. The van der Waals surface area contributed by atoms with E-state index in [1.807, 2.05) is 12.1 Å². The lowest BCUT2D eigenvalue weighted by atomic mass is 9.87. The summed E-state index contributed by atoms with van der Waals surface area (Å²) in [5, 5.41) is 10.6. The first-order chi connectivity index (χ1) is 9.10. The molecule has 19 heavy (non-hydrogen) atoms. The fraction of sp³-hybridized carbons (Fsp3) is 0.600. The Hall–Kier alpha value is -0.740. The van der Waals surface area contributed by atoms with Gasteiger partial charge in [0.15, 0.2) is 0 Å². The lowest BCUT2D eigenvalue weighted by molar-refractivity contribution is 0.0873. The maximum absolute atomic E-state index is 10.6. The van der Waals surface area contributed by atoms with Crippen molar-refractivity contribution in [1.29, 1.82) is 0 Å². The Morgan fingerprint density at radius 3 is 2.53 bits per heavy atom. The molecular weight excluding hydrogens is 308 g/mol. The van der Waals surface area contributed by atoms with Crippen LogP contribution in [-0.2, 0) is 0 Å². The molecule has 0 aromatic heterocycles. The van der Waals surface area contributed by atoms with E-state index < -0.39 is 6.10 Å². The van der Waals surface area contributed by atoms with Gasteiger partial charge in [-0.2, -0.15) is 0 Å². The molecule has 1 fully saturated rings. The Kier molecular flexibility index (Phi) is 4.74. The molecule has 0 saturated heterocycles. The van der Waals surface area contributed by atoms with Gasteiger partial charge >= 0.3 is 0 Å². The van der Waals surface area contributed by atoms with Crippen LogP contribution in [0.4, 0.5) is 0 Å². The van der Waals surface area contributed by atoms with Crippen molar-refractivity contribution < 1.29 is 14.6 Å². The zero-order valence-corrected chi connectivity index (χ0v) is 13.2. The third-order valence-corrected chi connectivity index (χ3v) is 4.92. The highest BCUT2D eigenvalue weighted by atomic mass is 79.9. The summed E-state index contributed by atoms with van der Waals surface area (Å²) in [6, 6.07) is 3.77. The molecule has 3 atom stereocenters. The van der Waals surface area contributed by atoms with E-state index in [1.54, 1.807) is 14.2 Å². The first-order valence-corrected chi connectivity index (χ1v) is 7.47. The summed E-state index contributed by atoms with van der Waals surface area (Å²) in [5.74, 6) is 2.26. The van der Waals surface area contributed by atoms with Crippen LogP contribution in [0.1, 0.15) is 37.9 Å². The summed E-state index contributed by atoms with van der Waals surface area (Å²) >= 11 is 3.48. The van der Waals surface area contributed by atoms with Crippen LogP contribution < -0.4 is 9.47 Å². The van der Waals surface area contributed by atoms with Crippen molar-refractivity contribution in [3.8, 4) is 11.5 Å². The summed E-state index contributed by atoms with van der Waals surface area (Å²) in [4.78, 5) is 0. The average molecular weight is 329 g/mol. The number of aliphatic hydroxyl groups excluding tert-OH is 1. The zero-order chi connectivity index (χ0) is 14.0. The molecule has 1 saturated carbocycles. The van der Waals surface area contributed by atoms with Crippen LogP contribution in [0.15, 0.2) is 16.6 Å². The number of rotatable bonds is 4. The second kappa shape index (κ2) is 6.14. The third-order valence-electron chi connectivity index (χ3n) is 4.17. The molecule has 106 valence electrons. The van der Waals surface area contributed by atoms with Crippen LogP contribution in [-0.4, -0.2) is 19.3 Å². The lowest BCUT2D eigenvalue weighted by Crippen LogP contribution is -2.16. The molecular formula is C15H21BrO3. The van der Waals surface area contributed by atoms with Gasteiger partial charge in [0.2, 0.25) is 0 Å². The van der Waals surface area contributed by atoms with E-state index >= 15 is 0 Å². The first-order valence-electron chi connectivity index (χ1n) is 6.68. The Balaban J connectivity index is 2.36. The molecule has 1 aromatic carbocycles. The molecule has 0 amide bonds. The van der Waals surface area contributed by atoms with Gasteiger partial charge in [0.25, 0.3) is 0 Å². The van der Waals surface area contributed by atoms with Crippen molar-refractivity contribution in [2.75, 3.05) is 14.2 Å². The fourth-order valence-electron chi connectivity index (χ4n) is 3.02. The summed E-state index contributed by atoms with van der Waals surface area (Å²) in [6.07, 6.45) is 2.99. The van der Waals surface area contributed by atoms with Crippen molar-refractivity contribution in [3.05, 3.63) is 22.2 Å². The molecule has 4 heteroatoms. The second-order valence-corrected chi connectivity index (χ2v) is 6.01. The van der Waals surface area contributed by atoms with Gasteiger partial charge in [-0.1, -0.05) is 19.8 Å². The number of aliphatic hydroxyl groups is 1. The van der Waals surface area contributed by atoms with E-state index in [1.165, 1.54) is 12.8 Å². The van der Waals surface area contributed by atoms with Gasteiger partial charge in [0, 0.05) is 5.56 Å².